The summed E-state index contributed by atoms with van der Waals surface area (Å²) in [5.74, 6) is 0.603. The number of rotatable bonds is 6. The molecule has 84 valence electrons. The molecule has 0 spiro atoms. The number of carbonyl (C=O) groups is 1. The zero-order valence-electron chi connectivity index (χ0n) is 9.88. The van der Waals surface area contributed by atoms with Crippen molar-refractivity contribution in [1.29, 1.82) is 0 Å². The van der Waals surface area contributed by atoms with Gasteiger partial charge in [-0.05, 0) is 31.2 Å². The van der Waals surface area contributed by atoms with Crippen LogP contribution in [0.5, 0.6) is 0 Å². The van der Waals surface area contributed by atoms with Gasteiger partial charge >= 0.3 is 0 Å². The van der Waals surface area contributed by atoms with Gasteiger partial charge in [0.1, 0.15) is 0 Å². The Balaban J connectivity index is 2.76. The summed E-state index contributed by atoms with van der Waals surface area (Å²) >= 11 is 1.67. The fourth-order valence-corrected chi connectivity index (χ4v) is 2.67. The maximum absolute atomic E-state index is 12.2. The van der Waals surface area contributed by atoms with Crippen LogP contribution in [-0.4, -0.2) is 5.78 Å². The fraction of sp³-hybridized carbons (Fsp3) is 0.615. The monoisotopic (exact) mass is 224 g/mol. The maximum Gasteiger partial charge on any atom is 0.167 e. The van der Waals surface area contributed by atoms with Crippen LogP contribution in [0, 0.1) is 12.8 Å². The van der Waals surface area contributed by atoms with Gasteiger partial charge in [-0.25, -0.2) is 0 Å². The predicted octanol–water partition coefficient (Wildman–Crippen LogP) is 4.46. The minimum Gasteiger partial charge on any atom is -0.294 e. The third-order valence-electron chi connectivity index (χ3n) is 2.77. The molecule has 1 aromatic rings. The van der Waals surface area contributed by atoms with Crippen molar-refractivity contribution in [2.75, 3.05) is 0 Å². The second kappa shape index (κ2) is 6.06. The Hall–Kier alpha value is -0.630. The van der Waals surface area contributed by atoms with Crippen molar-refractivity contribution in [3.63, 3.8) is 0 Å². The molecule has 1 heterocycles. The first-order chi connectivity index (χ1) is 7.20. The second-order valence-electron chi connectivity index (χ2n) is 4.03. The van der Waals surface area contributed by atoms with Crippen molar-refractivity contribution in [3.8, 4) is 0 Å². The van der Waals surface area contributed by atoms with Gasteiger partial charge in [-0.3, -0.25) is 4.79 Å². The molecule has 0 aliphatic carbocycles. The molecule has 15 heavy (non-hydrogen) atoms. The van der Waals surface area contributed by atoms with E-state index < -0.39 is 0 Å². The average Bonchev–Trinajstić information content (AvgIpc) is 2.63. The van der Waals surface area contributed by atoms with E-state index in [-0.39, 0.29) is 5.92 Å². The lowest BCUT2D eigenvalue weighted by Crippen LogP contribution is -2.14. The molecule has 0 fully saturated rings. The van der Waals surface area contributed by atoms with Gasteiger partial charge < -0.3 is 0 Å². The average molecular weight is 224 g/mol. The second-order valence-corrected chi connectivity index (χ2v) is 5.15. The van der Waals surface area contributed by atoms with Crippen molar-refractivity contribution in [3.05, 3.63) is 21.9 Å². The van der Waals surface area contributed by atoms with Crippen LogP contribution in [0.25, 0.3) is 0 Å². The molecule has 0 aliphatic heterocycles. The van der Waals surface area contributed by atoms with Crippen molar-refractivity contribution >= 4 is 17.1 Å². The molecule has 0 aliphatic rings. The zero-order chi connectivity index (χ0) is 11.3. The standard InChI is InChI=1S/C13H20OS/c1-4-6-11(7-5-2)13(14)12-8-9-15-10(12)3/h8-9,11H,4-7H2,1-3H3. The van der Waals surface area contributed by atoms with Crippen LogP contribution in [-0.2, 0) is 0 Å². The van der Waals surface area contributed by atoms with Gasteiger partial charge in [-0.2, -0.15) is 0 Å². The summed E-state index contributed by atoms with van der Waals surface area (Å²) in [6.45, 7) is 6.33. The number of hydrogen-bond donors (Lipinski definition) is 0. The zero-order valence-corrected chi connectivity index (χ0v) is 10.7. The number of Topliss-reactive ketones (excluding diaryl/α,β-unsaturated/α-hetero) is 1. The molecule has 1 rings (SSSR count). The number of ketones is 1. The minimum absolute atomic E-state index is 0.244. The Kier molecular flexibility index (Phi) is 5.03. The normalized spacial score (nSPS) is 10.9. The molecule has 0 atom stereocenters. The molecule has 0 amide bonds. The molecule has 1 nitrogen and oxygen atoms in total. The third-order valence-corrected chi connectivity index (χ3v) is 3.61. The molecular formula is C13H20OS. The Morgan fingerprint density at radius 3 is 2.33 bits per heavy atom. The van der Waals surface area contributed by atoms with Gasteiger partial charge in [-0.15, -0.1) is 11.3 Å². The summed E-state index contributed by atoms with van der Waals surface area (Å²) in [7, 11) is 0. The Morgan fingerprint density at radius 1 is 1.33 bits per heavy atom. The quantitative estimate of drug-likeness (QED) is 0.652. The fourth-order valence-electron chi connectivity index (χ4n) is 1.96. The first-order valence-corrected chi connectivity index (χ1v) is 6.66. The topological polar surface area (TPSA) is 17.1 Å². The highest BCUT2D eigenvalue weighted by Gasteiger charge is 2.20. The van der Waals surface area contributed by atoms with Crippen molar-refractivity contribution in [2.45, 2.75) is 46.5 Å². The third kappa shape index (κ3) is 3.16. The Bertz CT molecular complexity index is 308. The predicted molar refractivity (Wildman–Crippen MR) is 66.7 cm³/mol. The van der Waals surface area contributed by atoms with E-state index in [9.17, 15) is 4.79 Å². The van der Waals surface area contributed by atoms with Crippen molar-refractivity contribution in [1.82, 2.24) is 0 Å². The molecular weight excluding hydrogens is 204 g/mol. The summed E-state index contributed by atoms with van der Waals surface area (Å²) in [5, 5.41) is 2.01. The van der Waals surface area contributed by atoms with Crippen LogP contribution in [0.1, 0.15) is 54.8 Å². The Labute approximate surface area is 96.5 Å². The van der Waals surface area contributed by atoms with E-state index in [4.69, 9.17) is 0 Å². The van der Waals surface area contributed by atoms with Gasteiger partial charge in [0.25, 0.3) is 0 Å². The number of carbonyl (C=O) groups excluding carboxylic acids is 1. The molecule has 0 radical (unpaired) electrons. The minimum atomic E-state index is 0.244. The summed E-state index contributed by atoms with van der Waals surface area (Å²) in [4.78, 5) is 13.4. The highest BCUT2D eigenvalue weighted by molar-refractivity contribution is 7.10. The lowest BCUT2D eigenvalue weighted by molar-refractivity contribution is 0.0905. The SMILES string of the molecule is CCCC(CCC)C(=O)c1ccsc1C. The molecule has 0 unspecified atom stereocenters. The molecule has 2 heteroatoms. The van der Waals surface area contributed by atoms with E-state index in [1.807, 2.05) is 18.4 Å². The molecule has 0 bridgehead atoms. The van der Waals surface area contributed by atoms with Crippen LogP contribution in [0.2, 0.25) is 0 Å². The van der Waals surface area contributed by atoms with Gasteiger partial charge in [0, 0.05) is 16.4 Å². The van der Waals surface area contributed by atoms with Crippen LogP contribution in [0.3, 0.4) is 0 Å². The number of hydrogen-bond acceptors (Lipinski definition) is 2. The van der Waals surface area contributed by atoms with E-state index in [0.29, 0.717) is 5.78 Å². The van der Waals surface area contributed by atoms with E-state index in [1.54, 1.807) is 11.3 Å². The van der Waals surface area contributed by atoms with E-state index >= 15 is 0 Å². The molecule has 0 saturated carbocycles. The first kappa shape index (κ1) is 12.4. The van der Waals surface area contributed by atoms with Crippen LogP contribution in [0.4, 0.5) is 0 Å². The van der Waals surface area contributed by atoms with Gasteiger partial charge in [0.05, 0.1) is 0 Å². The Morgan fingerprint density at radius 2 is 1.93 bits per heavy atom. The number of aryl methyl sites for hydroxylation is 1. The lowest BCUT2D eigenvalue weighted by atomic mass is 9.90. The first-order valence-electron chi connectivity index (χ1n) is 5.79. The van der Waals surface area contributed by atoms with E-state index in [0.717, 1.165) is 36.1 Å². The number of thiophene rings is 1. The molecule has 0 aromatic carbocycles. The van der Waals surface area contributed by atoms with Crippen LogP contribution < -0.4 is 0 Å². The van der Waals surface area contributed by atoms with Gasteiger partial charge in [0.2, 0.25) is 0 Å². The van der Waals surface area contributed by atoms with Gasteiger partial charge in [-0.1, -0.05) is 26.7 Å². The van der Waals surface area contributed by atoms with Crippen molar-refractivity contribution in [2.24, 2.45) is 5.92 Å². The lowest BCUT2D eigenvalue weighted by Gasteiger charge is -2.13. The van der Waals surface area contributed by atoms with Crippen molar-refractivity contribution < 1.29 is 4.79 Å². The van der Waals surface area contributed by atoms with E-state index in [2.05, 4.69) is 13.8 Å². The molecule has 0 N–H and O–H groups in total. The van der Waals surface area contributed by atoms with Crippen LogP contribution in [0.15, 0.2) is 11.4 Å². The summed E-state index contributed by atoms with van der Waals surface area (Å²) in [6, 6.07) is 1.97. The molecule has 0 saturated heterocycles. The summed E-state index contributed by atoms with van der Waals surface area (Å²) < 4.78 is 0. The largest absolute Gasteiger partial charge is 0.294 e. The highest BCUT2D eigenvalue weighted by Crippen LogP contribution is 2.24. The summed E-state index contributed by atoms with van der Waals surface area (Å²) in [5.41, 5.74) is 0.951. The smallest absolute Gasteiger partial charge is 0.167 e. The van der Waals surface area contributed by atoms with E-state index in [1.165, 1.54) is 0 Å². The summed E-state index contributed by atoms with van der Waals surface area (Å²) in [6.07, 6.45) is 4.25. The highest BCUT2D eigenvalue weighted by atomic mass is 32.1. The maximum atomic E-state index is 12.2. The van der Waals surface area contributed by atoms with Crippen LogP contribution >= 0.6 is 11.3 Å². The van der Waals surface area contributed by atoms with Gasteiger partial charge in [0.15, 0.2) is 5.78 Å². The molecule has 1 aromatic heterocycles.